The van der Waals surface area contributed by atoms with Gasteiger partial charge in [0.2, 0.25) is 0 Å². The lowest BCUT2D eigenvalue weighted by molar-refractivity contribution is 0.0163. The number of aromatic nitrogens is 2. The van der Waals surface area contributed by atoms with Crippen LogP contribution in [0.4, 0.5) is 15.8 Å². The maximum Gasteiger partial charge on any atom is 0.293 e. The van der Waals surface area contributed by atoms with Gasteiger partial charge in [0.15, 0.2) is 0 Å². The van der Waals surface area contributed by atoms with Crippen molar-refractivity contribution >= 4 is 34.1 Å². The van der Waals surface area contributed by atoms with Crippen LogP contribution in [0.25, 0.3) is 10.9 Å². The number of halogens is 1. The van der Waals surface area contributed by atoms with E-state index in [1.165, 1.54) is 11.0 Å². The Morgan fingerprint density at radius 2 is 1.90 bits per heavy atom. The fourth-order valence-electron chi connectivity index (χ4n) is 4.04. The van der Waals surface area contributed by atoms with Crippen LogP contribution in [0.1, 0.15) is 45.8 Å². The van der Waals surface area contributed by atoms with Crippen molar-refractivity contribution < 1.29 is 23.9 Å². The maximum absolute atomic E-state index is 14.8. The molecular formula is C29H34FN5O4. The molecule has 4 rings (SSSR count). The largest absolute Gasteiger partial charge is 0.394 e. The van der Waals surface area contributed by atoms with Crippen LogP contribution < -0.4 is 10.8 Å². The molecule has 0 unspecified atom stereocenters. The zero-order valence-electron chi connectivity index (χ0n) is 22.8. The van der Waals surface area contributed by atoms with Gasteiger partial charge in [0.05, 0.1) is 30.1 Å². The molecule has 0 radical (unpaired) electrons. The second kappa shape index (κ2) is 13.5. The molecule has 0 saturated carbocycles. The molecule has 0 spiro atoms. The molecular weight excluding hydrogens is 501 g/mol. The third kappa shape index (κ3) is 6.78. The minimum absolute atomic E-state index is 0.0996. The normalized spacial score (nSPS) is 10.5. The van der Waals surface area contributed by atoms with Crippen LogP contribution in [0.15, 0.2) is 60.9 Å². The van der Waals surface area contributed by atoms with Gasteiger partial charge >= 0.3 is 0 Å². The fraction of sp³-hybridized carbons (Fsp3) is 0.276. The number of nitrogens with one attached hydrogen (secondary N) is 2. The Morgan fingerprint density at radius 1 is 1.13 bits per heavy atom. The molecule has 0 aliphatic rings. The van der Waals surface area contributed by atoms with E-state index >= 15 is 0 Å². The van der Waals surface area contributed by atoms with Crippen molar-refractivity contribution in [1.82, 2.24) is 19.9 Å². The van der Waals surface area contributed by atoms with Gasteiger partial charge in [-0.2, -0.15) is 0 Å². The first-order chi connectivity index (χ1) is 18.8. The summed E-state index contributed by atoms with van der Waals surface area (Å²) in [6.07, 6.45) is 3.20. The molecule has 4 aromatic rings. The van der Waals surface area contributed by atoms with E-state index in [2.05, 4.69) is 15.8 Å². The number of carbonyl (C=O) groups is 2. The van der Waals surface area contributed by atoms with E-state index in [0.29, 0.717) is 22.2 Å². The number of anilines is 2. The minimum atomic E-state index is -0.597. The Morgan fingerprint density at radius 3 is 2.59 bits per heavy atom. The summed E-state index contributed by atoms with van der Waals surface area (Å²) in [4.78, 5) is 36.7. The number of hydrogen-bond donors (Lipinski definition) is 3. The van der Waals surface area contributed by atoms with Gasteiger partial charge in [-0.15, -0.1) is 0 Å². The van der Waals surface area contributed by atoms with Crippen molar-refractivity contribution in [3.05, 3.63) is 89.1 Å². The molecule has 2 amide bonds. The Labute approximate surface area is 227 Å². The number of nitrogens with zero attached hydrogens (tertiary/aromatic N) is 3. The molecule has 206 valence electrons. The molecule has 0 bridgehead atoms. The number of aliphatic hydroxyl groups is 1. The minimum Gasteiger partial charge on any atom is -0.394 e. The highest BCUT2D eigenvalue weighted by atomic mass is 19.1. The first kappa shape index (κ1) is 29.3. The maximum atomic E-state index is 14.8. The number of pyridine rings is 1. The summed E-state index contributed by atoms with van der Waals surface area (Å²) in [7, 11) is 3.36. The van der Waals surface area contributed by atoms with Crippen LogP contribution >= 0.6 is 0 Å². The van der Waals surface area contributed by atoms with Gasteiger partial charge in [0.25, 0.3) is 11.8 Å². The summed E-state index contributed by atoms with van der Waals surface area (Å²) in [6, 6.07) is 13.7. The smallest absolute Gasteiger partial charge is 0.293 e. The van der Waals surface area contributed by atoms with Crippen molar-refractivity contribution in [2.24, 2.45) is 0 Å². The molecule has 0 aliphatic heterocycles. The second-order valence-electron chi connectivity index (χ2n) is 8.71. The average molecular weight is 536 g/mol. The van der Waals surface area contributed by atoms with Crippen LogP contribution in [-0.2, 0) is 11.4 Å². The molecule has 39 heavy (non-hydrogen) atoms. The highest BCUT2D eigenvalue weighted by molar-refractivity contribution is 6.09. The Kier molecular flexibility index (Phi) is 10.1. The highest BCUT2D eigenvalue weighted by Gasteiger charge is 2.25. The van der Waals surface area contributed by atoms with Crippen molar-refractivity contribution in [2.45, 2.75) is 27.3 Å². The molecule has 0 aliphatic carbocycles. The van der Waals surface area contributed by atoms with E-state index in [-0.39, 0.29) is 37.0 Å². The first-order valence-electron chi connectivity index (χ1n) is 12.6. The number of aryl methyl sites for hydroxylation is 1. The summed E-state index contributed by atoms with van der Waals surface area (Å²) in [5.41, 5.74) is 5.77. The zero-order valence-corrected chi connectivity index (χ0v) is 22.8. The van der Waals surface area contributed by atoms with Gasteiger partial charge in [-0.3, -0.25) is 19.4 Å². The number of carbonyl (C=O) groups excluding carboxylic acids is 2. The molecule has 0 fully saturated rings. The number of benzene rings is 2. The van der Waals surface area contributed by atoms with Gasteiger partial charge in [-0.1, -0.05) is 32.0 Å². The lowest BCUT2D eigenvalue weighted by atomic mass is 10.1. The highest BCUT2D eigenvalue weighted by Crippen LogP contribution is 2.34. The lowest BCUT2D eigenvalue weighted by Crippen LogP contribution is -2.28. The molecule has 0 atom stereocenters. The summed E-state index contributed by atoms with van der Waals surface area (Å²) in [5.74, 6) is -1.21. The van der Waals surface area contributed by atoms with E-state index in [1.54, 1.807) is 74.4 Å². The number of amides is 2. The molecule has 9 nitrogen and oxygen atoms in total. The van der Waals surface area contributed by atoms with Crippen molar-refractivity contribution in [3.63, 3.8) is 0 Å². The molecule has 2 aromatic carbocycles. The third-order valence-corrected chi connectivity index (χ3v) is 5.74. The number of fused-ring (bicyclic) bond motifs is 1. The van der Waals surface area contributed by atoms with Crippen molar-refractivity contribution in [1.29, 1.82) is 0 Å². The van der Waals surface area contributed by atoms with Gasteiger partial charge in [-0.05, 0) is 48.4 Å². The standard InChI is InChI=1S/C27H28FN5O4.C2H6/c1-17-7-8-22(21(28)13-17)30-24-20-15-29-10-9-23(20)33(25(24)26(35)31-37-12-11-34)16-18-5-4-6-19(14-18)27(36)32(2)3;1-2/h4-10,13-15,30,34H,11-12,16H2,1-3H3,(H,31,35);1-2H3. The Hall–Kier alpha value is -4.28. The summed E-state index contributed by atoms with van der Waals surface area (Å²) < 4.78 is 16.5. The summed E-state index contributed by atoms with van der Waals surface area (Å²) in [5, 5.41) is 12.7. The van der Waals surface area contributed by atoms with Gasteiger partial charge in [0.1, 0.15) is 11.5 Å². The summed E-state index contributed by atoms with van der Waals surface area (Å²) in [6.45, 7) is 5.64. The molecule has 10 heteroatoms. The van der Waals surface area contributed by atoms with E-state index in [4.69, 9.17) is 9.94 Å². The first-order valence-corrected chi connectivity index (χ1v) is 12.6. The third-order valence-electron chi connectivity index (χ3n) is 5.74. The summed E-state index contributed by atoms with van der Waals surface area (Å²) >= 11 is 0. The van der Waals surface area contributed by atoms with E-state index in [1.807, 2.05) is 19.9 Å². The quantitative estimate of drug-likeness (QED) is 0.213. The Bertz CT molecular complexity index is 1450. The molecule has 3 N–H and O–H groups in total. The van der Waals surface area contributed by atoms with Crippen molar-refractivity contribution in [3.8, 4) is 0 Å². The number of hydroxylamine groups is 1. The molecule has 0 saturated heterocycles. The van der Waals surface area contributed by atoms with Crippen LogP contribution in [0.3, 0.4) is 0 Å². The lowest BCUT2D eigenvalue weighted by Gasteiger charge is -2.15. The van der Waals surface area contributed by atoms with E-state index in [0.717, 1.165) is 11.1 Å². The van der Waals surface area contributed by atoms with E-state index < -0.39 is 11.7 Å². The molecule has 2 aromatic heterocycles. The van der Waals surface area contributed by atoms with Gasteiger partial charge in [-0.25, -0.2) is 9.87 Å². The number of hydrogen-bond acceptors (Lipinski definition) is 6. The predicted molar refractivity (Wildman–Crippen MR) is 150 cm³/mol. The monoisotopic (exact) mass is 535 g/mol. The number of aliphatic hydroxyl groups excluding tert-OH is 1. The Balaban J connectivity index is 0.00000205. The van der Waals surface area contributed by atoms with Crippen LogP contribution in [0.2, 0.25) is 0 Å². The van der Waals surface area contributed by atoms with Crippen LogP contribution in [0, 0.1) is 12.7 Å². The SMILES string of the molecule is CC.Cc1ccc(Nc2c(C(=O)NOCCO)n(Cc3cccc(C(=O)N(C)C)c3)c3ccncc23)c(F)c1. The zero-order chi connectivity index (χ0) is 28.5. The van der Waals surface area contributed by atoms with Crippen LogP contribution in [0.5, 0.6) is 0 Å². The number of rotatable bonds is 9. The van der Waals surface area contributed by atoms with Gasteiger partial charge in [0, 0.05) is 44.0 Å². The van der Waals surface area contributed by atoms with Gasteiger partial charge < -0.3 is 19.9 Å². The predicted octanol–water partition coefficient (Wildman–Crippen LogP) is 4.66. The fourth-order valence-corrected chi connectivity index (χ4v) is 4.04. The van der Waals surface area contributed by atoms with Crippen LogP contribution in [-0.4, -0.2) is 58.7 Å². The van der Waals surface area contributed by atoms with E-state index in [9.17, 15) is 14.0 Å². The topological polar surface area (TPSA) is 109 Å². The molecule has 2 heterocycles. The average Bonchev–Trinajstić information content (AvgIpc) is 3.24. The second-order valence-corrected chi connectivity index (χ2v) is 8.71. The van der Waals surface area contributed by atoms with Crippen molar-refractivity contribution in [2.75, 3.05) is 32.6 Å².